The fraction of sp³-hybridized carbons (Fsp3) is 0.0882. The van der Waals surface area contributed by atoms with E-state index in [2.05, 4.69) is 35.8 Å². The molecule has 9 nitrogen and oxygen atoms in total. The van der Waals surface area contributed by atoms with E-state index in [0.717, 1.165) is 49.8 Å². The molecule has 0 fully saturated rings. The third-order valence-corrected chi connectivity index (χ3v) is 7.37. The van der Waals surface area contributed by atoms with Gasteiger partial charge in [0.1, 0.15) is 11.5 Å². The summed E-state index contributed by atoms with van der Waals surface area (Å²) in [7, 11) is 1.83. The van der Waals surface area contributed by atoms with Crippen LogP contribution in [0.4, 0.5) is 10.1 Å². The first-order valence-corrected chi connectivity index (χ1v) is 14.1. The molecule has 4 heterocycles. The van der Waals surface area contributed by atoms with E-state index in [4.69, 9.17) is 4.98 Å². The molecule has 0 unspecified atom stereocenters. The molecule has 0 radical (unpaired) electrons. The van der Waals surface area contributed by atoms with E-state index in [-0.39, 0.29) is 18.1 Å². The van der Waals surface area contributed by atoms with Crippen molar-refractivity contribution < 1.29 is 9.18 Å². The summed E-state index contributed by atoms with van der Waals surface area (Å²) in [6.07, 6.45) is 5.34. The molecule has 0 aliphatic rings. The molecule has 7 aromatic rings. The van der Waals surface area contributed by atoms with Crippen LogP contribution in [0.15, 0.2) is 97.5 Å². The number of nitrogens with one attached hydrogen (secondary N) is 4. The number of halogens is 1. The Balaban J connectivity index is 1.21. The summed E-state index contributed by atoms with van der Waals surface area (Å²) >= 11 is 0. The number of imidazole rings is 1. The molecule has 10 heteroatoms. The lowest BCUT2D eigenvalue weighted by Gasteiger charge is -2.07. The first-order chi connectivity index (χ1) is 21.5. The summed E-state index contributed by atoms with van der Waals surface area (Å²) < 4.78 is 14.5. The van der Waals surface area contributed by atoms with Crippen LogP contribution in [0, 0.1) is 5.82 Å². The Morgan fingerprint density at radius 2 is 1.75 bits per heavy atom. The first-order valence-electron chi connectivity index (χ1n) is 14.1. The average molecular weight is 583 g/mol. The summed E-state index contributed by atoms with van der Waals surface area (Å²) in [4.78, 5) is 29.8. The number of fused-ring (bicyclic) bond motifs is 2. The van der Waals surface area contributed by atoms with Crippen molar-refractivity contribution in [2.24, 2.45) is 0 Å². The topological polar surface area (TPSA) is 124 Å². The fourth-order valence-corrected chi connectivity index (χ4v) is 5.39. The van der Waals surface area contributed by atoms with Gasteiger partial charge < -0.3 is 15.6 Å². The lowest BCUT2D eigenvalue weighted by Crippen LogP contribution is -2.14. The van der Waals surface area contributed by atoms with E-state index in [1.807, 2.05) is 73.8 Å². The maximum atomic E-state index is 14.5. The Kier molecular flexibility index (Phi) is 7.09. The Morgan fingerprint density at radius 1 is 0.886 bits per heavy atom. The second kappa shape index (κ2) is 11.5. The minimum Gasteiger partial charge on any atom is -0.337 e. The molecule has 0 aliphatic heterocycles. The number of aromatic amines is 2. The monoisotopic (exact) mass is 582 g/mol. The summed E-state index contributed by atoms with van der Waals surface area (Å²) in [6.45, 7) is 0.556. The number of H-pyrrole nitrogens is 2. The normalized spacial score (nSPS) is 11.3. The number of carbonyl (C=O) groups excluding carboxylic acids is 1. The van der Waals surface area contributed by atoms with Gasteiger partial charge in [0.05, 0.1) is 34.7 Å². The number of amides is 1. The quantitative estimate of drug-likeness (QED) is 0.167. The van der Waals surface area contributed by atoms with Gasteiger partial charge in [0.25, 0.3) is 0 Å². The minimum atomic E-state index is -0.298. The van der Waals surface area contributed by atoms with Crippen LogP contribution >= 0.6 is 0 Å². The van der Waals surface area contributed by atoms with Gasteiger partial charge in [0, 0.05) is 35.6 Å². The van der Waals surface area contributed by atoms with Crippen LogP contribution in [0.2, 0.25) is 0 Å². The zero-order chi connectivity index (χ0) is 30.0. The predicted octanol–water partition coefficient (Wildman–Crippen LogP) is 6.27. The second-order valence-corrected chi connectivity index (χ2v) is 10.5. The van der Waals surface area contributed by atoms with Gasteiger partial charge in [-0.3, -0.25) is 14.9 Å². The molecule has 7 rings (SSSR count). The molecule has 1 amide bonds. The number of hydrogen-bond acceptors (Lipinski definition) is 6. The Hall–Kier alpha value is -5.74. The number of benzene rings is 3. The summed E-state index contributed by atoms with van der Waals surface area (Å²) in [5.74, 6) is 0.162. The van der Waals surface area contributed by atoms with Gasteiger partial charge in [-0.1, -0.05) is 42.5 Å². The highest BCUT2D eigenvalue weighted by Crippen LogP contribution is 2.33. The molecule has 0 spiro atoms. The molecule has 0 saturated carbocycles. The average Bonchev–Trinajstić information content (AvgIpc) is 3.65. The third kappa shape index (κ3) is 5.41. The van der Waals surface area contributed by atoms with Crippen molar-refractivity contribution in [3.63, 3.8) is 0 Å². The molecule has 4 aromatic heterocycles. The van der Waals surface area contributed by atoms with Crippen molar-refractivity contribution in [3.05, 3.63) is 114 Å². The van der Waals surface area contributed by atoms with Gasteiger partial charge in [-0.15, -0.1) is 0 Å². The van der Waals surface area contributed by atoms with Crippen LogP contribution in [-0.4, -0.2) is 43.1 Å². The van der Waals surface area contributed by atoms with Crippen LogP contribution in [0.5, 0.6) is 0 Å². The number of aromatic nitrogens is 6. The van der Waals surface area contributed by atoms with Gasteiger partial charge in [0.2, 0.25) is 5.91 Å². The summed E-state index contributed by atoms with van der Waals surface area (Å²) in [5, 5.41) is 14.3. The molecule has 216 valence electrons. The van der Waals surface area contributed by atoms with Crippen molar-refractivity contribution in [3.8, 4) is 33.8 Å². The number of rotatable bonds is 8. The van der Waals surface area contributed by atoms with Gasteiger partial charge in [0.15, 0.2) is 11.5 Å². The molecule has 44 heavy (non-hydrogen) atoms. The lowest BCUT2D eigenvalue weighted by molar-refractivity contribution is -0.115. The van der Waals surface area contributed by atoms with Crippen molar-refractivity contribution in [2.45, 2.75) is 13.0 Å². The second-order valence-electron chi connectivity index (χ2n) is 10.5. The SMILES string of the molecule is CNCc1cc(F)cc(-c2cccc3[nH]c(-c4[nH]nc5ncc(-c6cncc(NC(=O)Cc7ccccc7)c6)cc45)nc23)c1. The molecule has 0 bridgehead atoms. The van der Waals surface area contributed by atoms with Gasteiger partial charge in [-0.05, 0) is 60.1 Å². The predicted molar refractivity (Wildman–Crippen MR) is 169 cm³/mol. The smallest absolute Gasteiger partial charge is 0.228 e. The number of hydrogen-bond donors (Lipinski definition) is 4. The van der Waals surface area contributed by atoms with E-state index in [1.165, 1.54) is 12.1 Å². The van der Waals surface area contributed by atoms with Crippen LogP contribution in [0.3, 0.4) is 0 Å². The summed E-state index contributed by atoms with van der Waals surface area (Å²) in [5.41, 5.74) is 8.29. The Morgan fingerprint density at radius 3 is 2.61 bits per heavy atom. The van der Waals surface area contributed by atoms with Crippen molar-refractivity contribution in [1.29, 1.82) is 0 Å². The number of carbonyl (C=O) groups is 1. The highest BCUT2D eigenvalue weighted by Gasteiger charge is 2.17. The fourth-order valence-electron chi connectivity index (χ4n) is 5.39. The van der Waals surface area contributed by atoms with E-state index in [9.17, 15) is 9.18 Å². The zero-order valence-electron chi connectivity index (χ0n) is 23.7. The Labute approximate surface area is 251 Å². The standard InChI is InChI=1S/C34H27FN8O/c1-36-16-21-10-22(13-25(35)11-21)27-8-5-9-29-31(27)41-34(40-29)32-28-15-24(18-38-33(28)43-42-32)23-14-26(19-37-17-23)39-30(44)12-20-6-3-2-4-7-20/h2-11,13-15,17-19,36H,12,16H2,1H3,(H,39,44)(H,40,41)(H,38,42,43). The highest BCUT2D eigenvalue weighted by atomic mass is 19.1. The molecule has 0 saturated heterocycles. The van der Waals surface area contributed by atoms with Crippen LogP contribution in [-0.2, 0) is 17.8 Å². The maximum Gasteiger partial charge on any atom is 0.228 e. The summed E-state index contributed by atoms with van der Waals surface area (Å²) in [6, 6.07) is 24.2. The van der Waals surface area contributed by atoms with E-state index in [0.29, 0.717) is 29.4 Å². The number of para-hydroxylation sites is 1. The third-order valence-electron chi connectivity index (χ3n) is 7.37. The molecule has 0 aliphatic carbocycles. The molecular weight excluding hydrogens is 555 g/mol. The number of nitrogens with zero attached hydrogens (tertiary/aromatic N) is 4. The van der Waals surface area contributed by atoms with Crippen LogP contribution < -0.4 is 10.6 Å². The van der Waals surface area contributed by atoms with Crippen molar-refractivity contribution in [2.75, 3.05) is 12.4 Å². The zero-order valence-corrected chi connectivity index (χ0v) is 23.7. The van der Waals surface area contributed by atoms with Crippen LogP contribution in [0.1, 0.15) is 11.1 Å². The number of pyridine rings is 2. The first kappa shape index (κ1) is 27.1. The Bertz CT molecular complexity index is 2140. The van der Waals surface area contributed by atoms with Crippen molar-refractivity contribution >= 4 is 33.7 Å². The van der Waals surface area contributed by atoms with Crippen molar-refractivity contribution in [1.82, 2.24) is 35.5 Å². The van der Waals surface area contributed by atoms with Gasteiger partial charge in [-0.25, -0.2) is 14.4 Å². The lowest BCUT2D eigenvalue weighted by atomic mass is 10.0. The van der Waals surface area contributed by atoms with Crippen LogP contribution in [0.25, 0.3) is 55.8 Å². The largest absolute Gasteiger partial charge is 0.337 e. The van der Waals surface area contributed by atoms with E-state index in [1.54, 1.807) is 18.6 Å². The van der Waals surface area contributed by atoms with E-state index < -0.39 is 0 Å². The molecule has 0 atom stereocenters. The highest BCUT2D eigenvalue weighted by molar-refractivity contribution is 5.97. The van der Waals surface area contributed by atoms with Gasteiger partial charge >= 0.3 is 0 Å². The molecular formula is C34H27FN8O. The molecule has 4 N–H and O–H groups in total. The van der Waals surface area contributed by atoms with E-state index >= 15 is 0 Å². The maximum absolute atomic E-state index is 14.5. The number of anilines is 1. The minimum absolute atomic E-state index is 0.124. The molecule has 3 aromatic carbocycles. The van der Waals surface area contributed by atoms with Gasteiger partial charge in [-0.2, -0.15) is 5.10 Å².